The fourth-order valence-corrected chi connectivity index (χ4v) is 2.55. The molecule has 1 aromatic rings. The molecule has 2 atom stereocenters. The lowest BCUT2D eigenvalue weighted by Crippen LogP contribution is -2.32. The Bertz CT molecular complexity index is 406. The SMILES string of the molecule is COCCCNC(=O)C(C)Sc1ccc(C(C)O)cc1. The van der Waals surface area contributed by atoms with E-state index in [4.69, 9.17) is 4.74 Å². The standard InChI is InChI=1S/C15H23NO3S/c1-11(17)13-5-7-14(8-6-13)20-12(2)15(18)16-9-4-10-19-3/h5-8,11-12,17H,4,9-10H2,1-3H3,(H,16,18). The van der Waals surface area contributed by atoms with Gasteiger partial charge >= 0.3 is 0 Å². The molecule has 2 unspecified atom stereocenters. The number of carbonyl (C=O) groups excluding carboxylic acids is 1. The minimum absolute atomic E-state index is 0.0331. The number of benzene rings is 1. The molecule has 0 fully saturated rings. The predicted molar refractivity (Wildman–Crippen MR) is 81.9 cm³/mol. The normalized spacial score (nSPS) is 13.8. The summed E-state index contributed by atoms with van der Waals surface area (Å²) in [5.74, 6) is 0.0331. The molecule has 0 spiro atoms. The van der Waals surface area contributed by atoms with Crippen LogP contribution in [0.3, 0.4) is 0 Å². The van der Waals surface area contributed by atoms with E-state index in [1.165, 1.54) is 11.8 Å². The van der Waals surface area contributed by atoms with Crippen LogP contribution in [0.15, 0.2) is 29.2 Å². The van der Waals surface area contributed by atoms with Crippen LogP contribution in [0.25, 0.3) is 0 Å². The monoisotopic (exact) mass is 297 g/mol. The molecular formula is C15H23NO3S. The van der Waals surface area contributed by atoms with Crippen molar-refractivity contribution in [3.8, 4) is 0 Å². The topological polar surface area (TPSA) is 58.6 Å². The van der Waals surface area contributed by atoms with Gasteiger partial charge in [0.05, 0.1) is 11.4 Å². The smallest absolute Gasteiger partial charge is 0.233 e. The lowest BCUT2D eigenvalue weighted by atomic mass is 10.1. The van der Waals surface area contributed by atoms with Gasteiger partial charge in [0.15, 0.2) is 0 Å². The van der Waals surface area contributed by atoms with Crippen molar-refractivity contribution in [2.45, 2.75) is 36.5 Å². The highest BCUT2D eigenvalue weighted by Crippen LogP contribution is 2.25. The maximum atomic E-state index is 11.9. The lowest BCUT2D eigenvalue weighted by molar-refractivity contribution is -0.120. The van der Waals surface area contributed by atoms with Crippen molar-refractivity contribution < 1.29 is 14.6 Å². The first-order valence-corrected chi connectivity index (χ1v) is 7.64. The fourth-order valence-electron chi connectivity index (χ4n) is 1.65. The van der Waals surface area contributed by atoms with Gasteiger partial charge in [0.2, 0.25) is 5.91 Å². The van der Waals surface area contributed by atoms with Crippen LogP contribution in [0.1, 0.15) is 31.9 Å². The van der Waals surface area contributed by atoms with Crippen molar-refractivity contribution in [2.75, 3.05) is 20.3 Å². The third-order valence-electron chi connectivity index (χ3n) is 2.87. The van der Waals surface area contributed by atoms with Crippen molar-refractivity contribution in [3.63, 3.8) is 0 Å². The molecule has 1 rings (SSSR count). The van der Waals surface area contributed by atoms with Crippen LogP contribution in [0, 0.1) is 0 Å². The highest BCUT2D eigenvalue weighted by Gasteiger charge is 2.13. The van der Waals surface area contributed by atoms with Crippen LogP contribution in [0.4, 0.5) is 0 Å². The largest absolute Gasteiger partial charge is 0.389 e. The van der Waals surface area contributed by atoms with E-state index < -0.39 is 6.10 Å². The molecule has 0 aliphatic heterocycles. The summed E-state index contributed by atoms with van der Waals surface area (Å²) in [6.07, 6.45) is 0.360. The number of thioether (sulfide) groups is 1. The highest BCUT2D eigenvalue weighted by atomic mass is 32.2. The third kappa shape index (κ3) is 5.94. The molecule has 2 N–H and O–H groups in total. The molecule has 4 nitrogen and oxygen atoms in total. The summed E-state index contributed by atoms with van der Waals surface area (Å²) in [4.78, 5) is 12.9. The molecule has 0 bridgehead atoms. The molecule has 1 aromatic carbocycles. The Hall–Kier alpha value is -1.04. The molecule has 0 radical (unpaired) electrons. The van der Waals surface area contributed by atoms with E-state index in [1.54, 1.807) is 14.0 Å². The zero-order valence-corrected chi connectivity index (χ0v) is 13.1. The number of aliphatic hydroxyl groups is 1. The van der Waals surface area contributed by atoms with E-state index in [1.807, 2.05) is 31.2 Å². The number of amides is 1. The van der Waals surface area contributed by atoms with Gasteiger partial charge in [0.1, 0.15) is 0 Å². The van der Waals surface area contributed by atoms with Crippen LogP contribution in [-0.4, -0.2) is 36.5 Å². The second-order valence-corrected chi connectivity index (χ2v) is 6.06. The van der Waals surface area contributed by atoms with Crippen molar-refractivity contribution in [1.29, 1.82) is 0 Å². The van der Waals surface area contributed by atoms with Gasteiger partial charge in [0, 0.05) is 25.2 Å². The Kier molecular flexibility index (Phi) is 7.65. The quantitative estimate of drug-likeness (QED) is 0.571. The van der Waals surface area contributed by atoms with Gasteiger partial charge in [-0.15, -0.1) is 11.8 Å². The average molecular weight is 297 g/mol. The zero-order chi connectivity index (χ0) is 15.0. The Labute approximate surface area is 124 Å². The second-order valence-electron chi connectivity index (χ2n) is 4.64. The number of carbonyl (C=O) groups is 1. The van der Waals surface area contributed by atoms with Crippen molar-refractivity contribution in [1.82, 2.24) is 5.32 Å². The van der Waals surface area contributed by atoms with E-state index in [2.05, 4.69) is 5.32 Å². The van der Waals surface area contributed by atoms with E-state index in [0.29, 0.717) is 13.2 Å². The van der Waals surface area contributed by atoms with Gasteiger partial charge in [-0.05, 0) is 38.0 Å². The maximum Gasteiger partial charge on any atom is 0.233 e. The fraction of sp³-hybridized carbons (Fsp3) is 0.533. The van der Waals surface area contributed by atoms with Crippen LogP contribution in [-0.2, 0) is 9.53 Å². The summed E-state index contributed by atoms with van der Waals surface area (Å²) >= 11 is 1.51. The number of rotatable bonds is 8. The van der Waals surface area contributed by atoms with Gasteiger partial charge in [-0.3, -0.25) is 4.79 Å². The van der Waals surface area contributed by atoms with Gasteiger partial charge in [-0.25, -0.2) is 0 Å². The van der Waals surface area contributed by atoms with Gasteiger partial charge in [-0.2, -0.15) is 0 Å². The second kappa shape index (κ2) is 9.00. The number of hydrogen-bond donors (Lipinski definition) is 2. The minimum atomic E-state index is -0.462. The molecular weight excluding hydrogens is 274 g/mol. The molecule has 5 heteroatoms. The van der Waals surface area contributed by atoms with Crippen molar-refractivity contribution in [2.24, 2.45) is 0 Å². The molecule has 0 saturated carbocycles. The van der Waals surface area contributed by atoms with E-state index in [0.717, 1.165) is 16.9 Å². The van der Waals surface area contributed by atoms with Gasteiger partial charge in [0.25, 0.3) is 0 Å². The van der Waals surface area contributed by atoms with Crippen LogP contribution < -0.4 is 5.32 Å². The van der Waals surface area contributed by atoms with E-state index in [-0.39, 0.29) is 11.2 Å². The summed E-state index contributed by atoms with van der Waals surface area (Å²) < 4.78 is 4.93. The Morgan fingerprint density at radius 3 is 2.55 bits per heavy atom. The summed E-state index contributed by atoms with van der Waals surface area (Å²) in [6, 6.07) is 7.63. The number of aliphatic hydroxyl groups excluding tert-OH is 1. The molecule has 0 aliphatic carbocycles. The minimum Gasteiger partial charge on any atom is -0.389 e. The molecule has 20 heavy (non-hydrogen) atoms. The Morgan fingerprint density at radius 2 is 2.00 bits per heavy atom. The molecule has 0 aliphatic rings. The van der Waals surface area contributed by atoms with Crippen LogP contribution in [0.2, 0.25) is 0 Å². The Balaban J connectivity index is 2.40. The van der Waals surface area contributed by atoms with Crippen molar-refractivity contribution in [3.05, 3.63) is 29.8 Å². The number of methoxy groups -OCH3 is 1. The molecule has 0 saturated heterocycles. The summed E-state index contributed by atoms with van der Waals surface area (Å²) in [6.45, 7) is 4.91. The van der Waals surface area contributed by atoms with Gasteiger partial charge in [-0.1, -0.05) is 12.1 Å². The molecule has 112 valence electrons. The predicted octanol–water partition coefficient (Wildman–Crippen LogP) is 2.37. The number of hydrogen-bond acceptors (Lipinski definition) is 4. The van der Waals surface area contributed by atoms with Crippen LogP contribution in [0.5, 0.6) is 0 Å². The Morgan fingerprint density at radius 1 is 1.35 bits per heavy atom. The lowest BCUT2D eigenvalue weighted by Gasteiger charge is -2.12. The average Bonchev–Trinajstić information content (AvgIpc) is 2.44. The maximum absolute atomic E-state index is 11.9. The number of ether oxygens (including phenoxy) is 1. The first-order valence-electron chi connectivity index (χ1n) is 6.76. The summed E-state index contributed by atoms with van der Waals surface area (Å²) in [5, 5.41) is 12.2. The molecule has 0 aromatic heterocycles. The van der Waals surface area contributed by atoms with Gasteiger partial charge < -0.3 is 15.2 Å². The first kappa shape index (κ1) is 17.0. The first-order chi connectivity index (χ1) is 9.54. The molecule has 1 amide bonds. The van der Waals surface area contributed by atoms with E-state index in [9.17, 15) is 9.90 Å². The molecule has 0 heterocycles. The summed E-state index contributed by atoms with van der Waals surface area (Å²) in [7, 11) is 1.65. The van der Waals surface area contributed by atoms with Crippen molar-refractivity contribution >= 4 is 17.7 Å². The zero-order valence-electron chi connectivity index (χ0n) is 12.3. The van der Waals surface area contributed by atoms with E-state index >= 15 is 0 Å². The van der Waals surface area contributed by atoms with Crippen LogP contribution >= 0.6 is 11.8 Å². The number of nitrogens with one attached hydrogen (secondary N) is 1. The third-order valence-corrected chi connectivity index (χ3v) is 3.98. The highest BCUT2D eigenvalue weighted by molar-refractivity contribution is 8.00. The summed E-state index contributed by atoms with van der Waals surface area (Å²) in [5.41, 5.74) is 0.881.